The second kappa shape index (κ2) is 11.7. The highest BCUT2D eigenvalue weighted by Crippen LogP contribution is 2.18. The molecule has 0 radical (unpaired) electrons. The fraction of sp³-hybridized carbons (Fsp3) is 0.588. The van der Waals surface area contributed by atoms with E-state index in [4.69, 9.17) is 15.4 Å². The van der Waals surface area contributed by atoms with E-state index in [-0.39, 0.29) is 0 Å². The fourth-order valence-corrected chi connectivity index (χ4v) is 2.11. The minimum absolute atomic E-state index is 0.401. The molecule has 0 saturated carbocycles. The maximum absolute atomic E-state index is 10.4. The molecule has 124 valence electrons. The number of carbonyl (C=O) groups is 1. The molecule has 0 aliphatic carbocycles. The van der Waals surface area contributed by atoms with Gasteiger partial charge >= 0.3 is 6.09 Å². The maximum Gasteiger partial charge on any atom is 0.447 e. The molecule has 1 amide bonds. The Kier molecular flexibility index (Phi) is 9.66. The summed E-state index contributed by atoms with van der Waals surface area (Å²) < 4.78 is 5.64. The van der Waals surface area contributed by atoms with E-state index in [9.17, 15) is 4.79 Å². The highest BCUT2D eigenvalue weighted by molar-refractivity contribution is 5.63. The third-order valence-electron chi connectivity index (χ3n) is 3.31. The second-order valence-electron chi connectivity index (χ2n) is 5.28. The summed E-state index contributed by atoms with van der Waals surface area (Å²) in [6, 6.07) is 6.85. The van der Waals surface area contributed by atoms with E-state index in [0.29, 0.717) is 12.4 Å². The standard InChI is InChI=1S/C17H27NO4/c1-2-3-4-5-6-7-8-9-14-20-15-10-12-16(13-11-15)21-22-17(18)19/h10-13H,2-9,14H2,1H3,(H2,18,19). The predicted octanol–water partition coefficient (Wildman–Crippen LogP) is 4.60. The van der Waals surface area contributed by atoms with Gasteiger partial charge in [0.25, 0.3) is 0 Å². The van der Waals surface area contributed by atoms with Crippen LogP contribution in [0.25, 0.3) is 0 Å². The SMILES string of the molecule is CCCCCCCCCCOc1ccc(OOC(N)=O)cc1. The van der Waals surface area contributed by atoms with Gasteiger partial charge in [-0.25, -0.2) is 9.68 Å². The Hall–Kier alpha value is -1.91. The molecule has 1 rings (SSSR count). The molecule has 0 heterocycles. The monoisotopic (exact) mass is 309 g/mol. The Bertz CT molecular complexity index is 406. The van der Waals surface area contributed by atoms with Crippen LogP contribution in [0.3, 0.4) is 0 Å². The zero-order chi connectivity index (χ0) is 16.0. The third-order valence-corrected chi connectivity index (χ3v) is 3.31. The number of carbonyl (C=O) groups excluding carboxylic acids is 1. The van der Waals surface area contributed by atoms with Crippen molar-refractivity contribution in [1.29, 1.82) is 0 Å². The van der Waals surface area contributed by atoms with E-state index in [0.717, 1.165) is 12.2 Å². The van der Waals surface area contributed by atoms with Crippen LogP contribution in [-0.4, -0.2) is 12.7 Å². The van der Waals surface area contributed by atoms with Crippen LogP contribution >= 0.6 is 0 Å². The average molecular weight is 309 g/mol. The van der Waals surface area contributed by atoms with Gasteiger partial charge in [0.15, 0.2) is 5.75 Å². The number of hydrogen-bond acceptors (Lipinski definition) is 4. The number of primary amides is 1. The highest BCUT2D eigenvalue weighted by Gasteiger charge is 2.00. The minimum Gasteiger partial charge on any atom is -0.494 e. The van der Waals surface area contributed by atoms with Gasteiger partial charge in [-0.2, -0.15) is 0 Å². The Labute approximate surface area is 132 Å². The van der Waals surface area contributed by atoms with Crippen molar-refractivity contribution in [3.05, 3.63) is 24.3 Å². The first kappa shape index (κ1) is 18.1. The van der Waals surface area contributed by atoms with Crippen LogP contribution in [0.1, 0.15) is 58.3 Å². The molecular weight excluding hydrogens is 282 g/mol. The molecule has 1 aromatic rings. The third kappa shape index (κ3) is 9.10. The Morgan fingerprint density at radius 3 is 2.05 bits per heavy atom. The van der Waals surface area contributed by atoms with Crippen molar-refractivity contribution >= 4 is 6.09 Å². The minimum atomic E-state index is -0.977. The molecule has 0 aliphatic rings. The molecule has 0 bridgehead atoms. The van der Waals surface area contributed by atoms with Gasteiger partial charge in [-0.1, -0.05) is 51.9 Å². The molecule has 2 N–H and O–H groups in total. The summed E-state index contributed by atoms with van der Waals surface area (Å²) in [6.45, 7) is 2.95. The summed E-state index contributed by atoms with van der Waals surface area (Å²) in [4.78, 5) is 19.3. The van der Waals surface area contributed by atoms with Crippen LogP contribution in [-0.2, 0) is 4.89 Å². The lowest BCUT2D eigenvalue weighted by Crippen LogP contribution is -2.15. The zero-order valence-electron chi connectivity index (χ0n) is 13.4. The number of hydrogen-bond donors (Lipinski definition) is 1. The second-order valence-corrected chi connectivity index (χ2v) is 5.28. The zero-order valence-corrected chi connectivity index (χ0v) is 13.4. The molecule has 1 aromatic carbocycles. The van der Waals surface area contributed by atoms with Gasteiger partial charge in [0, 0.05) is 0 Å². The van der Waals surface area contributed by atoms with Crippen molar-refractivity contribution < 1.29 is 19.3 Å². The number of nitrogens with two attached hydrogens (primary N) is 1. The molecule has 0 aliphatic heterocycles. The van der Waals surface area contributed by atoms with Crippen molar-refractivity contribution in [2.24, 2.45) is 5.73 Å². The predicted molar refractivity (Wildman–Crippen MR) is 85.8 cm³/mol. The first-order valence-corrected chi connectivity index (χ1v) is 8.09. The molecule has 0 aromatic heterocycles. The molecule has 5 nitrogen and oxygen atoms in total. The van der Waals surface area contributed by atoms with Crippen molar-refractivity contribution in [1.82, 2.24) is 0 Å². The van der Waals surface area contributed by atoms with E-state index in [2.05, 4.69) is 11.8 Å². The average Bonchev–Trinajstić information content (AvgIpc) is 2.52. The van der Waals surface area contributed by atoms with E-state index < -0.39 is 6.09 Å². The van der Waals surface area contributed by atoms with Crippen molar-refractivity contribution in [3.8, 4) is 11.5 Å². The van der Waals surface area contributed by atoms with Gasteiger partial charge in [-0.05, 0) is 30.7 Å². The number of benzene rings is 1. The maximum atomic E-state index is 10.4. The lowest BCUT2D eigenvalue weighted by Gasteiger charge is -2.07. The largest absolute Gasteiger partial charge is 0.494 e. The van der Waals surface area contributed by atoms with E-state index in [1.54, 1.807) is 24.3 Å². The molecule has 0 spiro atoms. The lowest BCUT2D eigenvalue weighted by molar-refractivity contribution is -0.138. The molecule has 0 fully saturated rings. The molecule has 0 unspecified atom stereocenters. The Morgan fingerprint density at radius 1 is 0.909 bits per heavy atom. The first-order valence-electron chi connectivity index (χ1n) is 8.09. The summed E-state index contributed by atoms with van der Waals surface area (Å²) >= 11 is 0. The van der Waals surface area contributed by atoms with Gasteiger partial charge < -0.3 is 10.5 Å². The van der Waals surface area contributed by atoms with Crippen molar-refractivity contribution in [3.63, 3.8) is 0 Å². The van der Waals surface area contributed by atoms with Gasteiger partial charge in [-0.15, -0.1) is 0 Å². The molecule has 5 heteroatoms. The molecule has 22 heavy (non-hydrogen) atoms. The normalized spacial score (nSPS) is 10.2. The molecule has 0 saturated heterocycles. The number of amides is 1. The van der Waals surface area contributed by atoms with E-state index in [1.165, 1.54) is 44.9 Å². The van der Waals surface area contributed by atoms with Crippen LogP contribution in [0.15, 0.2) is 24.3 Å². The Balaban J connectivity index is 2.04. The summed E-state index contributed by atoms with van der Waals surface area (Å²) in [5.41, 5.74) is 4.80. The van der Waals surface area contributed by atoms with Gasteiger partial charge in [0.05, 0.1) is 6.61 Å². The smallest absolute Gasteiger partial charge is 0.447 e. The van der Waals surface area contributed by atoms with Gasteiger partial charge in [0.2, 0.25) is 0 Å². The van der Waals surface area contributed by atoms with Crippen molar-refractivity contribution in [2.45, 2.75) is 58.3 Å². The van der Waals surface area contributed by atoms with E-state index in [1.807, 2.05) is 0 Å². The first-order chi connectivity index (χ1) is 10.7. The number of rotatable bonds is 12. The summed E-state index contributed by atoms with van der Waals surface area (Å²) in [6.07, 6.45) is 9.27. The van der Waals surface area contributed by atoms with Gasteiger partial charge in [-0.3, -0.25) is 4.89 Å². The Morgan fingerprint density at radius 2 is 1.45 bits per heavy atom. The fourth-order valence-electron chi connectivity index (χ4n) is 2.11. The summed E-state index contributed by atoms with van der Waals surface area (Å²) in [7, 11) is 0. The number of unbranched alkanes of at least 4 members (excludes halogenated alkanes) is 7. The van der Waals surface area contributed by atoms with Crippen LogP contribution < -0.4 is 15.4 Å². The summed E-state index contributed by atoms with van der Waals surface area (Å²) in [5, 5.41) is 0. The topological polar surface area (TPSA) is 70.8 Å². The molecular formula is C17H27NO4. The van der Waals surface area contributed by atoms with Crippen molar-refractivity contribution in [2.75, 3.05) is 6.61 Å². The summed E-state index contributed by atoms with van der Waals surface area (Å²) in [5.74, 6) is 1.17. The molecule has 0 atom stereocenters. The quantitative estimate of drug-likeness (QED) is 0.348. The van der Waals surface area contributed by atoms with Crippen LogP contribution in [0.2, 0.25) is 0 Å². The van der Waals surface area contributed by atoms with Crippen LogP contribution in [0.5, 0.6) is 11.5 Å². The van der Waals surface area contributed by atoms with Crippen LogP contribution in [0, 0.1) is 0 Å². The van der Waals surface area contributed by atoms with Gasteiger partial charge in [0.1, 0.15) is 5.75 Å². The van der Waals surface area contributed by atoms with E-state index >= 15 is 0 Å². The number of ether oxygens (including phenoxy) is 1. The lowest BCUT2D eigenvalue weighted by atomic mass is 10.1. The van der Waals surface area contributed by atoms with Crippen LogP contribution in [0.4, 0.5) is 4.79 Å². The highest BCUT2D eigenvalue weighted by atomic mass is 17.2.